The first-order valence-corrected chi connectivity index (χ1v) is 18.3. The molecule has 9 aromatic carbocycles. The van der Waals surface area contributed by atoms with E-state index in [4.69, 9.17) is 0 Å². The standard InChI is InChI=1S/C50H37NS/c1-33-28-34(2)30-40(29-33)51(38-22-25-41(52)26-23-38)39-24-27-44-47(31-39)42-20-12-13-21-43(42)49-46(36-16-8-4-9-17-36)32-45(35-14-6-3-7-15-35)48(50(44)49)37-18-10-5-11-19-37/h3-32,52H,1-2H3. The van der Waals surface area contributed by atoms with E-state index < -0.39 is 0 Å². The lowest BCUT2D eigenvalue weighted by atomic mass is 9.81. The Morgan fingerprint density at radius 1 is 0.365 bits per heavy atom. The summed E-state index contributed by atoms with van der Waals surface area (Å²) in [5, 5.41) is 7.48. The molecule has 0 amide bonds. The second kappa shape index (κ2) is 13.2. The molecule has 9 aromatic rings. The molecule has 0 N–H and O–H groups in total. The monoisotopic (exact) mass is 683 g/mol. The number of rotatable bonds is 6. The van der Waals surface area contributed by atoms with Crippen molar-refractivity contribution < 1.29 is 0 Å². The average molecular weight is 684 g/mol. The number of thiol groups is 1. The summed E-state index contributed by atoms with van der Waals surface area (Å²) in [6.07, 6.45) is 0. The maximum absolute atomic E-state index is 4.62. The van der Waals surface area contributed by atoms with E-state index in [9.17, 15) is 0 Å². The molecule has 0 fully saturated rings. The molecule has 1 nitrogen and oxygen atoms in total. The van der Waals surface area contributed by atoms with Gasteiger partial charge in [0.05, 0.1) is 0 Å². The summed E-state index contributed by atoms with van der Waals surface area (Å²) < 4.78 is 0. The van der Waals surface area contributed by atoms with Gasteiger partial charge >= 0.3 is 0 Å². The van der Waals surface area contributed by atoms with E-state index in [1.54, 1.807) is 0 Å². The molecule has 0 aromatic heterocycles. The highest BCUT2D eigenvalue weighted by molar-refractivity contribution is 7.80. The molecule has 0 radical (unpaired) electrons. The maximum Gasteiger partial charge on any atom is 0.0468 e. The van der Waals surface area contributed by atoms with Gasteiger partial charge in [-0.3, -0.25) is 0 Å². The van der Waals surface area contributed by atoms with E-state index in [-0.39, 0.29) is 0 Å². The zero-order valence-electron chi connectivity index (χ0n) is 29.2. The normalized spacial score (nSPS) is 11.4. The van der Waals surface area contributed by atoms with Crippen LogP contribution >= 0.6 is 12.6 Å². The summed E-state index contributed by atoms with van der Waals surface area (Å²) in [5.41, 5.74) is 13.1. The van der Waals surface area contributed by atoms with Gasteiger partial charge in [0.1, 0.15) is 0 Å². The van der Waals surface area contributed by atoms with Crippen LogP contribution in [0.15, 0.2) is 187 Å². The molecule has 0 saturated carbocycles. The molecular formula is C50H37NS. The molecule has 0 heterocycles. The van der Waals surface area contributed by atoms with Crippen LogP contribution in [0.1, 0.15) is 11.1 Å². The van der Waals surface area contributed by atoms with Gasteiger partial charge in [0.2, 0.25) is 0 Å². The summed E-state index contributed by atoms with van der Waals surface area (Å²) in [7, 11) is 0. The third-order valence-corrected chi connectivity index (χ3v) is 10.4. The van der Waals surface area contributed by atoms with Crippen molar-refractivity contribution in [3.8, 4) is 33.4 Å². The predicted molar refractivity (Wildman–Crippen MR) is 227 cm³/mol. The van der Waals surface area contributed by atoms with Gasteiger partial charge in [-0.25, -0.2) is 0 Å². The van der Waals surface area contributed by atoms with Gasteiger partial charge in [-0.15, -0.1) is 12.6 Å². The summed E-state index contributed by atoms with van der Waals surface area (Å²) in [5.74, 6) is 0. The van der Waals surface area contributed by atoms with Gasteiger partial charge < -0.3 is 4.90 Å². The molecule has 0 aliphatic rings. The topological polar surface area (TPSA) is 3.24 Å². The lowest BCUT2D eigenvalue weighted by Crippen LogP contribution is -2.10. The summed E-state index contributed by atoms with van der Waals surface area (Å²) in [6, 6.07) is 66.3. The van der Waals surface area contributed by atoms with E-state index in [1.165, 1.54) is 76.8 Å². The predicted octanol–water partition coefficient (Wildman–Crippen LogP) is 14.5. The minimum absolute atomic E-state index is 0.942. The highest BCUT2D eigenvalue weighted by Gasteiger charge is 2.23. The Morgan fingerprint density at radius 2 is 0.885 bits per heavy atom. The van der Waals surface area contributed by atoms with Crippen molar-refractivity contribution in [2.24, 2.45) is 0 Å². The van der Waals surface area contributed by atoms with Crippen LogP contribution in [0.4, 0.5) is 17.1 Å². The summed E-state index contributed by atoms with van der Waals surface area (Å²) in [6.45, 7) is 4.34. The van der Waals surface area contributed by atoms with Gasteiger partial charge in [0, 0.05) is 22.0 Å². The van der Waals surface area contributed by atoms with E-state index in [2.05, 4.69) is 213 Å². The van der Waals surface area contributed by atoms with Crippen molar-refractivity contribution in [1.29, 1.82) is 0 Å². The van der Waals surface area contributed by atoms with Gasteiger partial charge in [0.25, 0.3) is 0 Å². The first kappa shape index (κ1) is 31.9. The van der Waals surface area contributed by atoms with Crippen molar-refractivity contribution in [1.82, 2.24) is 0 Å². The molecule has 0 unspecified atom stereocenters. The number of hydrogen-bond donors (Lipinski definition) is 1. The van der Waals surface area contributed by atoms with Crippen LogP contribution in [-0.2, 0) is 0 Å². The van der Waals surface area contributed by atoms with E-state index in [1.807, 2.05) is 0 Å². The average Bonchev–Trinajstić information content (AvgIpc) is 3.19. The van der Waals surface area contributed by atoms with Crippen molar-refractivity contribution in [2.75, 3.05) is 4.90 Å². The minimum atomic E-state index is 0.942. The van der Waals surface area contributed by atoms with Gasteiger partial charge in [-0.2, -0.15) is 0 Å². The smallest absolute Gasteiger partial charge is 0.0468 e. The Bertz CT molecular complexity index is 2710. The largest absolute Gasteiger partial charge is 0.310 e. The first-order chi connectivity index (χ1) is 25.5. The fourth-order valence-corrected chi connectivity index (χ4v) is 8.15. The lowest BCUT2D eigenvalue weighted by molar-refractivity contribution is 1.25. The molecule has 0 aliphatic carbocycles. The first-order valence-electron chi connectivity index (χ1n) is 17.8. The van der Waals surface area contributed by atoms with Crippen LogP contribution in [0.5, 0.6) is 0 Å². The van der Waals surface area contributed by atoms with Crippen LogP contribution in [-0.4, -0.2) is 0 Å². The van der Waals surface area contributed by atoms with Gasteiger partial charge in [-0.1, -0.05) is 127 Å². The van der Waals surface area contributed by atoms with Gasteiger partial charge in [0.15, 0.2) is 0 Å². The molecule has 0 bridgehead atoms. The maximum atomic E-state index is 4.62. The van der Waals surface area contributed by atoms with Crippen molar-refractivity contribution in [3.05, 3.63) is 193 Å². The highest BCUT2D eigenvalue weighted by Crippen LogP contribution is 2.50. The molecule has 9 rings (SSSR count). The number of aryl methyl sites for hydroxylation is 2. The molecule has 0 atom stereocenters. The second-order valence-electron chi connectivity index (χ2n) is 13.7. The van der Waals surface area contributed by atoms with Crippen molar-refractivity contribution in [3.63, 3.8) is 0 Å². The van der Waals surface area contributed by atoms with Crippen molar-refractivity contribution >= 4 is 62.0 Å². The van der Waals surface area contributed by atoms with Crippen LogP contribution in [0.3, 0.4) is 0 Å². The van der Waals surface area contributed by atoms with E-state index >= 15 is 0 Å². The molecule has 52 heavy (non-hydrogen) atoms. The van der Waals surface area contributed by atoms with Crippen LogP contribution < -0.4 is 4.90 Å². The van der Waals surface area contributed by atoms with Crippen molar-refractivity contribution in [2.45, 2.75) is 18.7 Å². The van der Waals surface area contributed by atoms with E-state index in [0.29, 0.717) is 0 Å². The number of fused-ring (bicyclic) bond motifs is 6. The summed E-state index contributed by atoms with van der Waals surface area (Å²) >= 11 is 4.62. The zero-order chi connectivity index (χ0) is 35.2. The Balaban J connectivity index is 1.45. The number of nitrogens with zero attached hydrogens (tertiary/aromatic N) is 1. The fourth-order valence-electron chi connectivity index (χ4n) is 8.00. The molecule has 0 saturated heterocycles. The molecular weight excluding hydrogens is 647 g/mol. The van der Waals surface area contributed by atoms with Crippen LogP contribution in [0.25, 0.3) is 65.7 Å². The molecule has 0 spiro atoms. The van der Waals surface area contributed by atoms with Crippen LogP contribution in [0.2, 0.25) is 0 Å². The Morgan fingerprint density at radius 3 is 1.52 bits per heavy atom. The van der Waals surface area contributed by atoms with Gasteiger partial charge in [-0.05, 0) is 145 Å². The third-order valence-electron chi connectivity index (χ3n) is 10.1. The second-order valence-corrected chi connectivity index (χ2v) is 14.2. The van der Waals surface area contributed by atoms with Crippen LogP contribution in [0, 0.1) is 13.8 Å². The molecule has 0 aliphatic heterocycles. The minimum Gasteiger partial charge on any atom is -0.310 e. The zero-order valence-corrected chi connectivity index (χ0v) is 30.1. The number of anilines is 3. The molecule has 248 valence electrons. The quantitative estimate of drug-likeness (QED) is 0.135. The highest BCUT2D eigenvalue weighted by atomic mass is 32.1. The summed E-state index contributed by atoms with van der Waals surface area (Å²) in [4.78, 5) is 3.32. The number of benzene rings is 9. The SMILES string of the molecule is Cc1cc(C)cc(N(c2ccc(S)cc2)c2ccc3c(c2)c2ccccc2c2c(-c4ccccc4)cc(-c4ccccc4)c(-c4ccccc4)c32)c1. The Kier molecular flexibility index (Phi) is 8.10. The lowest BCUT2D eigenvalue weighted by Gasteiger charge is -2.27. The Labute approximate surface area is 310 Å². The van der Waals surface area contributed by atoms with E-state index in [0.717, 1.165) is 22.0 Å². The number of hydrogen-bond acceptors (Lipinski definition) is 2. The Hall–Kier alpha value is -6.09. The fraction of sp³-hybridized carbons (Fsp3) is 0.0400. The molecule has 2 heteroatoms. The third kappa shape index (κ3) is 5.62.